The van der Waals surface area contributed by atoms with Gasteiger partial charge in [0.2, 0.25) is 5.91 Å². The predicted octanol–water partition coefficient (Wildman–Crippen LogP) is 2.15. The van der Waals surface area contributed by atoms with Crippen LogP contribution in [0.15, 0.2) is 5.38 Å². The molecule has 0 aliphatic carbocycles. The first-order chi connectivity index (χ1) is 8.74. The number of amides is 1. The van der Waals surface area contributed by atoms with Gasteiger partial charge in [0.1, 0.15) is 5.01 Å². The Labute approximate surface area is 116 Å². The third kappa shape index (κ3) is 3.22. The molecule has 1 N–H and O–H groups in total. The van der Waals surface area contributed by atoms with E-state index in [4.69, 9.17) is 11.6 Å². The number of nitrogens with one attached hydrogen (secondary N) is 1. The van der Waals surface area contributed by atoms with Crippen LogP contribution < -0.4 is 5.32 Å². The Morgan fingerprint density at radius 2 is 2.50 bits per heavy atom. The molecule has 0 radical (unpaired) electrons. The van der Waals surface area contributed by atoms with Gasteiger partial charge < -0.3 is 5.32 Å². The maximum Gasteiger partial charge on any atom is 0.234 e. The Balaban J connectivity index is 2.13. The molecule has 0 bridgehead atoms. The van der Waals surface area contributed by atoms with Crippen molar-refractivity contribution in [2.24, 2.45) is 0 Å². The molecule has 2 heterocycles. The fraction of sp³-hybridized carbons (Fsp3) is 0.667. The molecule has 100 valence electrons. The number of carbonyl (C=O) groups excluding carboxylic acids is 1. The van der Waals surface area contributed by atoms with E-state index in [0.29, 0.717) is 12.4 Å². The fourth-order valence-electron chi connectivity index (χ4n) is 2.22. The van der Waals surface area contributed by atoms with E-state index in [-0.39, 0.29) is 11.9 Å². The first-order valence-electron chi connectivity index (χ1n) is 6.25. The van der Waals surface area contributed by atoms with Gasteiger partial charge in [0.15, 0.2) is 0 Å². The van der Waals surface area contributed by atoms with Gasteiger partial charge in [-0.15, -0.1) is 22.9 Å². The second-order valence-corrected chi connectivity index (χ2v) is 5.57. The average Bonchev–Trinajstić information content (AvgIpc) is 2.73. The fourth-order valence-corrected chi connectivity index (χ4v) is 3.49. The zero-order valence-corrected chi connectivity index (χ0v) is 12.1. The van der Waals surface area contributed by atoms with E-state index in [9.17, 15) is 4.79 Å². The van der Waals surface area contributed by atoms with Crippen molar-refractivity contribution < 1.29 is 4.79 Å². The summed E-state index contributed by atoms with van der Waals surface area (Å²) in [6.45, 7) is 4.31. The van der Waals surface area contributed by atoms with Gasteiger partial charge >= 0.3 is 0 Å². The maximum absolute atomic E-state index is 11.6. The van der Waals surface area contributed by atoms with E-state index < -0.39 is 0 Å². The summed E-state index contributed by atoms with van der Waals surface area (Å²) in [5.41, 5.74) is 0.925. The smallest absolute Gasteiger partial charge is 0.234 e. The number of nitrogens with zero attached hydrogens (tertiary/aromatic N) is 2. The molecule has 0 saturated carbocycles. The zero-order chi connectivity index (χ0) is 13.0. The summed E-state index contributed by atoms with van der Waals surface area (Å²) in [7, 11) is 0. The lowest BCUT2D eigenvalue weighted by Gasteiger charge is -2.27. The third-order valence-electron chi connectivity index (χ3n) is 3.11. The normalized spacial score (nSPS) is 19.3. The lowest BCUT2D eigenvalue weighted by atomic mass is 10.2. The predicted molar refractivity (Wildman–Crippen MR) is 73.9 cm³/mol. The van der Waals surface area contributed by atoms with Crippen molar-refractivity contribution in [3.05, 3.63) is 16.1 Å². The van der Waals surface area contributed by atoms with Crippen molar-refractivity contribution in [1.29, 1.82) is 0 Å². The number of rotatable bonds is 4. The van der Waals surface area contributed by atoms with E-state index in [1.165, 1.54) is 0 Å². The number of carbonyl (C=O) groups is 1. The topological polar surface area (TPSA) is 45.2 Å². The first kappa shape index (κ1) is 13.8. The quantitative estimate of drug-likeness (QED) is 0.863. The van der Waals surface area contributed by atoms with Crippen molar-refractivity contribution in [2.45, 2.75) is 31.7 Å². The molecule has 1 amide bonds. The number of alkyl halides is 1. The third-order valence-corrected chi connectivity index (χ3v) is 4.38. The Morgan fingerprint density at radius 3 is 3.17 bits per heavy atom. The maximum atomic E-state index is 11.6. The Kier molecular flexibility index (Phi) is 4.97. The molecule has 1 aliphatic rings. The van der Waals surface area contributed by atoms with Gasteiger partial charge in [-0.3, -0.25) is 9.69 Å². The molecule has 1 atom stereocenters. The van der Waals surface area contributed by atoms with E-state index in [1.54, 1.807) is 11.3 Å². The van der Waals surface area contributed by atoms with Gasteiger partial charge in [0.05, 0.1) is 24.2 Å². The Hall–Kier alpha value is -0.650. The number of hydrogen-bond acceptors (Lipinski definition) is 4. The number of halogens is 1. The second-order valence-electron chi connectivity index (χ2n) is 4.41. The van der Waals surface area contributed by atoms with E-state index in [1.807, 2.05) is 5.38 Å². The first-order valence-corrected chi connectivity index (χ1v) is 7.67. The van der Waals surface area contributed by atoms with Crippen LogP contribution in [0.5, 0.6) is 0 Å². The summed E-state index contributed by atoms with van der Waals surface area (Å²) in [5.74, 6) is 0.563. The van der Waals surface area contributed by atoms with Crippen LogP contribution in [0.25, 0.3) is 0 Å². The highest BCUT2D eigenvalue weighted by Gasteiger charge is 2.25. The lowest BCUT2D eigenvalue weighted by Crippen LogP contribution is -2.35. The minimum absolute atomic E-state index is 0.111. The molecular weight excluding hydrogens is 270 g/mol. The number of hydrogen-bond donors (Lipinski definition) is 1. The van der Waals surface area contributed by atoms with Crippen LogP contribution in [0.2, 0.25) is 0 Å². The minimum atomic E-state index is 0.111. The number of thiazole rings is 1. The van der Waals surface area contributed by atoms with Gasteiger partial charge in [-0.2, -0.15) is 0 Å². The van der Waals surface area contributed by atoms with Crippen molar-refractivity contribution in [3.8, 4) is 0 Å². The highest BCUT2D eigenvalue weighted by Crippen LogP contribution is 2.28. The SMILES string of the molecule is CCC(c1nc(CCl)cs1)N1CCCNC(=O)C1. The summed E-state index contributed by atoms with van der Waals surface area (Å²) < 4.78 is 0. The molecular formula is C12H18ClN3OS. The molecule has 1 aromatic heterocycles. The van der Waals surface area contributed by atoms with Crippen LogP contribution in [0.3, 0.4) is 0 Å². The van der Waals surface area contributed by atoms with Crippen LogP contribution in [-0.2, 0) is 10.7 Å². The molecule has 1 saturated heterocycles. The largest absolute Gasteiger partial charge is 0.355 e. The monoisotopic (exact) mass is 287 g/mol. The summed E-state index contributed by atoms with van der Waals surface area (Å²) in [4.78, 5) is 18.4. The van der Waals surface area contributed by atoms with Crippen molar-refractivity contribution in [3.63, 3.8) is 0 Å². The van der Waals surface area contributed by atoms with Crippen molar-refractivity contribution >= 4 is 28.8 Å². The van der Waals surface area contributed by atoms with Crippen LogP contribution in [0, 0.1) is 0 Å². The minimum Gasteiger partial charge on any atom is -0.355 e. The van der Waals surface area contributed by atoms with Crippen LogP contribution >= 0.6 is 22.9 Å². The second kappa shape index (κ2) is 6.50. The van der Waals surface area contributed by atoms with Gasteiger partial charge in [-0.25, -0.2) is 4.98 Å². The summed E-state index contributed by atoms with van der Waals surface area (Å²) in [5, 5.41) is 5.98. The van der Waals surface area contributed by atoms with Gasteiger partial charge in [0.25, 0.3) is 0 Å². The Morgan fingerprint density at radius 1 is 1.67 bits per heavy atom. The van der Waals surface area contributed by atoms with Crippen LogP contribution in [0.1, 0.15) is 36.5 Å². The highest BCUT2D eigenvalue weighted by atomic mass is 35.5. The van der Waals surface area contributed by atoms with E-state index in [0.717, 1.165) is 36.6 Å². The summed E-state index contributed by atoms with van der Waals surface area (Å²) >= 11 is 7.43. The molecule has 18 heavy (non-hydrogen) atoms. The number of aromatic nitrogens is 1. The Bertz CT molecular complexity index is 410. The molecule has 1 aromatic rings. The average molecular weight is 288 g/mol. The highest BCUT2D eigenvalue weighted by molar-refractivity contribution is 7.09. The molecule has 0 aromatic carbocycles. The van der Waals surface area contributed by atoms with Crippen molar-refractivity contribution in [2.75, 3.05) is 19.6 Å². The van der Waals surface area contributed by atoms with E-state index >= 15 is 0 Å². The molecule has 1 aliphatic heterocycles. The molecule has 2 rings (SSSR count). The molecule has 1 unspecified atom stereocenters. The standard InChI is InChI=1S/C12H18ClN3OS/c1-2-10(12-15-9(6-13)8-18-12)16-5-3-4-14-11(17)7-16/h8,10H,2-7H2,1H3,(H,14,17). The molecule has 4 nitrogen and oxygen atoms in total. The summed E-state index contributed by atoms with van der Waals surface area (Å²) in [6.07, 6.45) is 1.96. The molecule has 1 fully saturated rings. The zero-order valence-electron chi connectivity index (χ0n) is 10.5. The van der Waals surface area contributed by atoms with Gasteiger partial charge in [0, 0.05) is 18.5 Å². The van der Waals surface area contributed by atoms with Crippen LogP contribution in [-0.4, -0.2) is 35.4 Å². The van der Waals surface area contributed by atoms with E-state index in [2.05, 4.69) is 22.1 Å². The molecule has 0 spiro atoms. The van der Waals surface area contributed by atoms with Gasteiger partial charge in [-0.1, -0.05) is 6.92 Å². The lowest BCUT2D eigenvalue weighted by molar-refractivity contribution is -0.122. The van der Waals surface area contributed by atoms with Crippen molar-refractivity contribution in [1.82, 2.24) is 15.2 Å². The summed E-state index contributed by atoms with van der Waals surface area (Å²) in [6, 6.07) is 0.232. The van der Waals surface area contributed by atoms with Crippen LogP contribution in [0.4, 0.5) is 0 Å². The van der Waals surface area contributed by atoms with Gasteiger partial charge in [-0.05, 0) is 12.8 Å². The molecule has 6 heteroatoms.